The molecule has 0 atom stereocenters. The zero-order chi connectivity index (χ0) is 21.9. The van der Waals surface area contributed by atoms with Gasteiger partial charge in [0.25, 0.3) is 5.91 Å². The molecule has 2 amide bonds. The van der Waals surface area contributed by atoms with Crippen molar-refractivity contribution >= 4 is 29.1 Å². The molecule has 6 nitrogen and oxygen atoms in total. The van der Waals surface area contributed by atoms with Gasteiger partial charge < -0.3 is 20.7 Å². The van der Waals surface area contributed by atoms with Crippen LogP contribution in [0.5, 0.6) is 5.75 Å². The highest BCUT2D eigenvalue weighted by Crippen LogP contribution is 2.21. The molecule has 0 radical (unpaired) electrons. The zero-order valence-corrected chi connectivity index (χ0v) is 17.3. The number of amides is 2. The molecule has 0 saturated heterocycles. The van der Waals surface area contributed by atoms with Gasteiger partial charge >= 0.3 is 6.61 Å². The maximum atomic E-state index is 12.2. The first-order chi connectivity index (χ1) is 14.4. The molecule has 0 aromatic heterocycles. The quantitative estimate of drug-likeness (QED) is 0.497. The SMILES string of the molecule is CCCNC(=O)c1ccc(Cl)cc1NCC(=O)NCCc1ccc(OC(F)F)cc1. The van der Waals surface area contributed by atoms with Crippen LogP contribution < -0.4 is 20.7 Å². The van der Waals surface area contributed by atoms with Crippen LogP contribution in [0.1, 0.15) is 29.3 Å². The number of hydrogen-bond donors (Lipinski definition) is 3. The molecule has 0 spiro atoms. The number of carbonyl (C=O) groups excluding carboxylic acids is 2. The molecule has 0 heterocycles. The number of alkyl halides is 2. The Labute approximate surface area is 178 Å². The van der Waals surface area contributed by atoms with Crippen molar-refractivity contribution < 1.29 is 23.1 Å². The van der Waals surface area contributed by atoms with Crippen molar-refractivity contribution in [2.45, 2.75) is 26.4 Å². The summed E-state index contributed by atoms with van der Waals surface area (Å²) in [6.45, 7) is -0.0152. The van der Waals surface area contributed by atoms with Crippen molar-refractivity contribution in [2.75, 3.05) is 25.0 Å². The molecular formula is C21H24ClF2N3O3. The van der Waals surface area contributed by atoms with Crippen molar-refractivity contribution in [1.82, 2.24) is 10.6 Å². The van der Waals surface area contributed by atoms with Crippen LogP contribution in [-0.4, -0.2) is 38.1 Å². The third-order valence-corrected chi connectivity index (χ3v) is 4.32. The van der Waals surface area contributed by atoms with Crippen LogP contribution in [0.15, 0.2) is 42.5 Å². The van der Waals surface area contributed by atoms with E-state index in [0.717, 1.165) is 12.0 Å². The van der Waals surface area contributed by atoms with Gasteiger partial charge in [-0.15, -0.1) is 0 Å². The molecule has 0 fully saturated rings. The van der Waals surface area contributed by atoms with E-state index >= 15 is 0 Å². The fraction of sp³-hybridized carbons (Fsp3) is 0.333. The molecule has 3 N–H and O–H groups in total. The van der Waals surface area contributed by atoms with Crippen LogP contribution in [0.25, 0.3) is 0 Å². The van der Waals surface area contributed by atoms with E-state index in [1.165, 1.54) is 12.1 Å². The van der Waals surface area contributed by atoms with Crippen LogP contribution in [-0.2, 0) is 11.2 Å². The first kappa shape index (κ1) is 23.4. The summed E-state index contributed by atoms with van der Waals surface area (Å²) in [5.74, 6) is -0.412. The Balaban J connectivity index is 1.82. The monoisotopic (exact) mass is 439 g/mol. The molecule has 0 aliphatic carbocycles. The Hall–Kier alpha value is -2.87. The Bertz CT molecular complexity index is 848. The topological polar surface area (TPSA) is 79.5 Å². The number of anilines is 1. The standard InChI is InChI=1S/C21H24ClF2N3O3/c1-2-10-26-20(29)17-8-5-15(22)12-18(17)27-13-19(28)25-11-9-14-3-6-16(7-4-14)30-21(23)24/h3-8,12,21,27H,2,9-11,13H2,1H3,(H,25,28)(H,26,29). The summed E-state index contributed by atoms with van der Waals surface area (Å²) in [4.78, 5) is 24.4. The average Bonchev–Trinajstić information content (AvgIpc) is 2.71. The van der Waals surface area contributed by atoms with E-state index in [1.807, 2.05) is 6.92 Å². The summed E-state index contributed by atoms with van der Waals surface area (Å²) in [5.41, 5.74) is 1.75. The Kier molecular flexibility index (Phi) is 9.34. The molecule has 9 heteroatoms. The van der Waals surface area contributed by atoms with E-state index in [1.54, 1.807) is 30.3 Å². The Morgan fingerprint density at radius 3 is 2.47 bits per heavy atom. The molecule has 0 bridgehead atoms. The molecule has 30 heavy (non-hydrogen) atoms. The van der Waals surface area contributed by atoms with Crippen LogP contribution in [0.4, 0.5) is 14.5 Å². The van der Waals surface area contributed by atoms with Gasteiger partial charge in [0.05, 0.1) is 12.1 Å². The fourth-order valence-electron chi connectivity index (χ4n) is 2.62. The minimum Gasteiger partial charge on any atom is -0.435 e. The number of ether oxygens (including phenoxy) is 1. The fourth-order valence-corrected chi connectivity index (χ4v) is 2.79. The molecule has 0 aliphatic heterocycles. The second-order valence-corrected chi connectivity index (χ2v) is 6.86. The lowest BCUT2D eigenvalue weighted by atomic mass is 10.1. The van der Waals surface area contributed by atoms with Gasteiger partial charge in [0, 0.05) is 23.8 Å². The van der Waals surface area contributed by atoms with Gasteiger partial charge in [-0.3, -0.25) is 9.59 Å². The highest BCUT2D eigenvalue weighted by Gasteiger charge is 2.12. The molecule has 2 aromatic carbocycles. The smallest absolute Gasteiger partial charge is 0.387 e. The third-order valence-electron chi connectivity index (χ3n) is 4.09. The van der Waals surface area contributed by atoms with Gasteiger partial charge in [-0.1, -0.05) is 30.7 Å². The van der Waals surface area contributed by atoms with E-state index in [4.69, 9.17) is 11.6 Å². The van der Waals surface area contributed by atoms with Crippen LogP contribution in [0.2, 0.25) is 5.02 Å². The van der Waals surface area contributed by atoms with Gasteiger partial charge in [0.2, 0.25) is 5.91 Å². The lowest BCUT2D eigenvalue weighted by Crippen LogP contribution is -2.32. The largest absolute Gasteiger partial charge is 0.435 e. The second kappa shape index (κ2) is 12.0. The van der Waals surface area contributed by atoms with Crippen molar-refractivity contribution in [3.63, 3.8) is 0 Å². The minimum absolute atomic E-state index is 0.0322. The minimum atomic E-state index is -2.86. The van der Waals surface area contributed by atoms with Crippen molar-refractivity contribution in [2.24, 2.45) is 0 Å². The van der Waals surface area contributed by atoms with E-state index in [-0.39, 0.29) is 24.1 Å². The van der Waals surface area contributed by atoms with E-state index in [2.05, 4.69) is 20.7 Å². The number of benzene rings is 2. The predicted molar refractivity (Wildman–Crippen MR) is 112 cm³/mol. The van der Waals surface area contributed by atoms with Crippen molar-refractivity contribution in [3.05, 3.63) is 58.6 Å². The highest BCUT2D eigenvalue weighted by molar-refractivity contribution is 6.31. The van der Waals surface area contributed by atoms with Gasteiger partial charge in [-0.2, -0.15) is 8.78 Å². The first-order valence-electron chi connectivity index (χ1n) is 9.51. The maximum absolute atomic E-state index is 12.2. The number of carbonyl (C=O) groups is 2. The Morgan fingerprint density at radius 1 is 1.07 bits per heavy atom. The summed E-state index contributed by atoms with van der Waals surface area (Å²) in [6, 6.07) is 11.0. The molecule has 0 aliphatic rings. The molecule has 0 unspecified atom stereocenters. The van der Waals surface area contributed by atoms with Crippen LogP contribution in [0, 0.1) is 0 Å². The number of rotatable bonds is 11. The number of hydrogen-bond acceptors (Lipinski definition) is 4. The summed E-state index contributed by atoms with van der Waals surface area (Å²) in [7, 11) is 0. The maximum Gasteiger partial charge on any atom is 0.387 e. The van der Waals surface area contributed by atoms with E-state index < -0.39 is 6.61 Å². The summed E-state index contributed by atoms with van der Waals surface area (Å²) in [6.07, 6.45) is 1.34. The summed E-state index contributed by atoms with van der Waals surface area (Å²) >= 11 is 6.01. The van der Waals surface area contributed by atoms with Crippen LogP contribution >= 0.6 is 11.6 Å². The second-order valence-electron chi connectivity index (χ2n) is 6.42. The van der Waals surface area contributed by atoms with Crippen molar-refractivity contribution in [1.29, 1.82) is 0 Å². The lowest BCUT2D eigenvalue weighted by molar-refractivity contribution is -0.119. The van der Waals surface area contributed by atoms with E-state index in [0.29, 0.717) is 35.8 Å². The third kappa shape index (κ3) is 7.87. The molecule has 0 saturated carbocycles. The van der Waals surface area contributed by atoms with Gasteiger partial charge in [-0.05, 0) is 48.7 Å². The molecule has 2 rings (SSSR count). The number of halogens is 3. The lowest BCUT2D eigenvalue weighted by Gasteiger charge is -2.13. The predicted octanol–water partition coefficient (Wildman–Crippen LogP) is 3.85. The molecular weight excluding hydrogens is 416 g/mol. The number of nitrogens with one attached hydrogen (secondary N) is 3. The summed E-state index contributed by atoms with van der Waals surface area (Å²) in [5, 5.41) is 8.94. The first-order valence-corrected chi connectivity index (χ1v) is 9.89. The molecule has 2 aromatic rings. The normalized spacial score (nSPS) is 10.6. The van der Waals surface area contributed by atoms with Gasteiger partial charge in [0.15, 0.2) is 0 Å². The average molecular weight is 440 g/mol. The van der Waals surface area contributed by atoms with Crippen molar-refractivity contribution in [3.8, 4) is 5.75 Å². The summed E-state index contributed by atoms with van der Waals surface area (Å²) < 4.78 is 28.6. The van der Waals surface area contributed by atoms with Crippen LogP contribution in [0.3, 0.4) is 0 Å². The Morgan fingerprint density at radius 2 is 1.80 bits per heavy atom. The van der Waals surface area contributed by atoms with Gasteiger partial charge in [-0.25, -0.2) is 0 Å². The van der Waals surface area contributed by atoms with Gasteiger partial charge in [0.1, 0.15) is 5.75 Å². The highest BCUT2D eigenvalue weighted by atomic mass is 35.5. The zero-order valence-electron chi connectivity index (χ0n) is 16.5. The molecule has 162 valence electrons. The van der Waals surface area contributed by atoms with E-state index in [9.17, 15) is 18.4 Å².